The van der Waals surface area contributed by atoms with Crippen molar-refractivity contribution in [1.29, 1.82) is 10.5 Å². The summed E-state index contributed by atoms with van der Waals surface area (Å²) in [6.45, 7) is -0.0546. The molecule has 0 fully saturated rings. The van der Waals surface area contributed by atoms with E-state index in [4.69, 9.17) is 21.4 Å². The van der Waals surface area contributed by atoms with Crippen molar-refractivity contribution in [1.82, 2.24) is 20.3 Å². The summed E-state index contributed by atoms with van der Waals surface area (Å²) >= 11 is 7.54. The number of hydrogen-bond acceptors (Lipinski definition) is 9. The molecule has 0 saturated carbocycles. The molecule has 0 bridgehead atoms. The van der Waals surface area contributed by atoms with Crippen molar-refractivity contribution in [3.8, 4) is 29.1 Å². The zero-order chi connectivity index (χ0) is 23.8. The molecule has 0 aliphatic rings. The lowest BCUT2D eigenvalue weighted by Gasteiger charge is -2.13. The van der Waals surface area contributed by atoms with Crippen LogP contribution in [0.3, 0.4) is 0 Å². The Kier molecular flexibility index (Phi) is 8.17. The fraction of sp³-hybridized carbons (Fsp3) is 0.182. The lowest BCUT2D eigenvalue weighted by atomic mass is 9.99. The van der Waals surface area contributed by atoms with Gasteiger partial charge in [0.2, 0.25) is 5.88 Å². The molecule has 3 aromatic rings. The van der Waals surface area contributed by atoms with Crippen molar-refractivity contribution < 1.29 is 14.6 Å². The van der Waals surface area contributed by atoms with Gasteiger partial charge in [0.25, 0.3) is 5.91 Å². The molecule has 0 saturated heterocycles. The van der Waals surface area contributed by atoms with Gasteiger partial charge in [-0.25, -0.2) is 9.97 Å². The predicted octanol–water partition coefficient (Wildman–Crippen LogP) is 2.96. The smallest absolute Gasteiger partial charge is 0.269 e. The number of pyridine rings is 3. The van der Waals surface area contributed by atoms with Gasteiger partial charge in [-0.2, -0.15) is 10.5 Å². The van der Waals surface area contributed by atoms with Crippen LogP contribution in [0.2, 0.25) is 5.15 Å². The minimum absolute atomic E-state index is 0.0321. The van der Waals surface area contributed by atoms with Crippen LogP contribution in [0.4, 0.5) is 0 Å². The first-order valence-electron chi connectivity index (χ1n) is 9.56. The number of aliphatic hydroxyl groups is 1. The molecule has 0 radical (unpaired) electrons. The maximum absolute atomic E-state index is 11.8. The Morgan fingerprint density at radius 3 is 2.67 bits per heavy atom. The summed E-state index contributed by atoms with van der Waals surface area (Å²) in [6.07, 6.45) is 3.00. The Bertz CT molecular complexity index is 1250. The largest absolute Gasteiger partial charge is 0.475 e. The van der Waals surface area contributed by atoms with E-state index in [9.17, 15) is 15.3 Å². The quantitative estimate of drug-likeness (QED) is 0.367. The number of aliphatic hydroxyl groups excluding tert-OH is 1. The number of nitriles is 2. The first-order chi connectivity index (χ1) is 16.0. The summed E-state index contributed by atoms with van der Waals surface area (Å²) in [5.41, 5.74) is 2.15. The zero-order valence-corrected chi connectivity index (χ0v) is 18.9. The number of thioether (sulfide) groups is 1. The number of aromatic nitrogens is 3. The molecule has 11 heteroatoms. The summed E-state index contributed by atoms with van der Waals surface area (Å²) in [5, 5.41) is 31.3. The summed E-state index contributed by atoms with van der Waals surface area (Å²) in [7, 11) is 1.52. The summed E-state index contributed by atoms with van der Waals surface area (Å²) in [4.78, 5) is 24.3. The van der Waals surface area contributed by atoms with Crippen LogP contribution in [0.15, 0.2) is 41.7 Å². The number of nitrogens with one attached hydrogen (secondary N) is 1. The summed E-state index contributed by atoms with van der Waals surface area (Å²) in [6, 6.07) is 10.8. The molecule has 0 spiro atoms. The van der Waals surface area contributed by atoms with Gasteiger partial charge in [0, 0.05) is 42.4 Å². The number of rotatable bonds is 8. The number of amides is 1. The van der Waals surface area contributed by atoms with Gasteiger partial charge in [-0.05, 0) is 23.8 Å². The van der Waals surface area contributed by atoms with E-state index in [0.29, 0.717) is 27.8 Å². The molecular weight excluding hydrogens is 464 g/mol. The maximum atomic E-state index is 11.8. The molecule has 3 heterocycles. The summed E-state index contributed by atoms with van der Waals surface area (Å²) in [5.74, 6) is 0.381. The second-order valence-corrected chi connectivity index (χ2v) is 7.75. The van der Waals surface area contributed by atoms with Crippen LogP contribution < -0.4 is 10.1 Å². The lowest BCUT2D eigenvalue weighted by Crippen LogP contribution is -2.19. The molecule has 0 aliphatic heterocycles. The Balaban J connectivity index is 1.98. The van der Waals surface area contributed by atoms with E-state index in [-0.39, 0.29) is 41.1 Å². The van der Waals surface area contributed by atoms with Gasteiger partial charge < -0.3 is 15.2 Å². The average Bonchev–Trinajstić information content (AvgIpc) is 2.85. The van der Waals surface area contributed by atoms with Gasteiger partial charge in [-0.1, -0.05) is 11.6 Å². The van der Waals surface area contributed by atoms with Gasteiger partial charge in [0.15, 0.2) is 0 Å². The second-order valence-electron chi connectivity index (χ2n) is 6.43. The van der Waals surface area contributed by atoms with Crippen molar-refractivity contribution in [2.45, 2.75) is 10.8 Å². The molecule has 2 N–H and O–H groups in total. The average molecular weight is 481 g/mol. The van der Waals surface area contributed by atoms with Gasteiger partial charge in [-0.15, -0.1) is 11.8 Å². The van der Waals surface area contributed by atoms with Crippen LogP contribution in [0.1, 0.15) is 27.2 Å². The highest BCUT2D eigenvalue weighted by Crippen LogP contribution is 2.37. The Labute approximate surface area is 199 Å². The Morgan fingerprint density at radius 1 is 1.24 bits per heavy atom. The number of hydrogen-bond donors (Lipinski definition) is 2. The first kappa shape index (κ1) is 24.0. The molecule has 9 nitrogen and oxygen atoms in total. The molecule has 0 aromatic carbocycles. The van der Waals surface area contributed by atoms with Crippen LogP contribution in [-0.4, -0.2) is 46.2 Å². The molecule has 0 unspecified atom stereocenters. The van der Waals surface area contributed by atoms with E-state index in [1.54, 1.807) is 24.3 Å². The molecule has 0 aliphatic carbocycles. The van der Waals surface area contributed by atoms with E-state index >= 15 is 0 Å². The fourth-order valence-electron chi connectivity index (χ4n) is 2.87. The molecule has 1 amide bonds. The SMILES string of the molecule is CNC(=O)c1cc(CSc2nc(Cl)c(C#N)c(-c3ccc(OCCO)nc3)c2C#N)ccn1. The van der Waals surface area contributed by atoms with Crippen LogP contribution in [0.5, 0.6) is 5.88 Å². The van der Waals surface area contributed by atoms with E-state index in [1.165, 1.54) is 31.2 Å². The molecule has 0 atom stereocenters. The minimum atomic E-state index is -0.305. The minimum Gasteiger partial charge on any atom is -0.475 e. The third-order valence-corrected chi connectivity index (χ3v) is 5.69. The van der Waals surface area contributed by atoms with Crippen LogP contribution in [-0.2, 0) is 5.75 Å². The van der Waals surface area contributed by atoms with Crippen molar-refractivity contribution in [3.05, 3.63) is 64.2 Å². The highest BCUT2D eigenvalue weighted by molar-refractivity contribution is 7.98. The van der Waals surface area contributed by atoms with Crippen molar-refractivity contribution in [2.24, 2.45) is 0 Å². The summed E-state index contributed by atoms with van der Waals surface area (Å²) < 4.78 is 5.26. The van der Waals surface area contributed by atoms with Crippen LogP contribution >= 0.6 is 23.4 Å². The van der Waals surface area contributed by atoms with Gasteiger partial charge in [0.1, 0.15) is 34.6 Å². The van der Waals surface area contributed by atoms with Crippen LogP contribution in [0, 0.1) is 22.7 Å². The lowest BCUT2D eigenvalue weighted by molar-refractivity contribution is 0.0958. The Morgan fingerprint density at radius 2 is 2.03 bits per heavy atom. The molecule has 33 heavy (non-hydrogen) atoms. The monoisotopic (exact) mass is 480 g/mol. The van der Waals surface area contributed by atoms with E-state index in [2.05, 4.69) is 26.3 Å². The van der Waals surface area contributed by atoms with Crippen molar-refractivity contribution >= 4 is 29.3 Å². The highest BCUT2D eigenvalue weighted by Gasteiger charge is 2.21. The number of ether oxygens (including phenoxy) is 1. The van der Waals surface area contributed by atoms with E-state index in [1.807, 2.05) is 6.07 Å². The highest BCUT2D eigenvalue weighted by atomic mass is 35.5. The molecular formula is C22H17ClN6O3S. The standard InChI is InChI=1S/C22H17ClN6O3S/c1-26-21(31)17-8-13(4-5-27-17)12-33-22-16(10-25)19(15(9-24)20(23)29-22)14-2-3-18(28-11-14)32-7-6-30/h2-5,8,11,30H,6-7,12H2,1H3,(H,26,31). The van der Waals surface area contributed by atoms with E-state index in [0.717, 1.165) is 5.56 Å². The number of nitrogens with zero attached hydrogens (tertiary/aromatic N) is 5. The third-order valence-electron chi connectivity index (χ3n) is 4.37. The fourth-order valence-corrected chi connectivity index (χ4v) is 4.07. The number of carbonyl (C=O) groups is 1. The second kappa shape index (κ2) is 11.2. The van der Waals surface area contributed by atoms with Crippen LogP contribution in [0.25, 0.3) is 11.1 Å². The van der Waals surface area contributed by atoms with Gasteiger partial charge in [-0.3, -0.25) is 9.78 Å². The van der Waals surface area contributed by atoms with Gasteiger partial charge >= 0.3 is 0 Å². The topological polar surface area (TPSA) is 145 Å². The third kappa shape index (κ3) is 5.57. The molecule has 3 aromatic heterocycles. The predicted molar refractivity (Wildman–Crippen MR) is 122 cm³/mol. The van der Waals surface area contributed by atoms with Gasteiger partial charge in [0.05, 0.1) is 17.7 Å². The molecule has 166 valence electrons. The number of carbonyl (C=O) groups excluding carboxylic acids is 1. The van der Waals surface area contributed by atoms with Crippen molar-refractivity contribution in [3.63, 3.8) is 0 Å². The maximum Gasteiger partial charge on any atom is 0.269 e. The molecule has 3 rings (SSSR count). The first-order valence-corrected chi connectivity index (χ1v) is 10.9. The normalized spacial score (nSPS) is 10.2. The van der Waals surface area contributed by atoms with E-state index < -0.39 is 0 Å². The van der Waals surface area contributed by atoms with Crippen molar-refractivity contribution in [2.75, 3.05) is 20.3 Å². The Hall–Kier alpha value is -3.70. The number of halogens is 1. The zero-order valence-electron chi connectivity index (χ0n) is 17.4.